The molecule has 0 aliphatic rings. The minimum Gasteiger partial charge on any atom is -0.320 e. The number of hydrogen-bond donors (Lipinski definition) is 1. The minimum atomic E-state index is -4.58. The summed E-state index contributed by atoms with van der Waals surface area (Å²) in [6, 6.07) is 5.89. The maximum atomic E-state index is 13.1. The second-order valence-electron chi connectivity index (χ2n) is 4.27. The van der Waals surface area contributed by atoms with Crippen molar-refractivity contribution in [2.45, 2.75) is 12.2 Å². The van der Waals surface area contributed by atoms with Gasteiger partial charge in [-0.1, -0.05) is 18.2 Å². The summed E-state index contributed by atoms with van der Waals surface area (Å²) in [6.45, 7) is 0. The molecule has 0 saturated heterocycles. The summed E-state index contributed by atoms with van der Waals surface area (Å²) in [5.74, 6) is -1.78. The molecule has 2 rings (SSSR count). The van der Waals surface area contributed by atoms with Crippen LogP contribution >= 0.6 is 0 Å². The standard InChI is InChI=1S/C14H10F5N/c15-9-5-8(6-10(16)7-9)13(20)11-3-1-2-4-12(11)14(17,18)19/h1-7,13H,20H2. The molecule has 0 aromatic heterocycles. The lowest BCUT2D eigenvalue weighted by atomic mass is 9.95. The SMILES string of the molecule is NC(c1cc(F)cc(F)c1)c1ccccc1C(F)(F)F. The van der Waals surface area contributed by atoms with Gasteiger partial charge in [0.15, 0.2) is 0 Å². The summed E-state index contributed by atoms with van der Waals surface area (Å²) in [6.07, 6.45) is -4.58. The molecule has 0 aliphatic carbocycles. The fraction of sp³-hybridized carbons (Fsp3) is 0.143. The van der Waals surface area contributed by atoms with Crippen LogP contribution < -0.4 is 5.73 Å². The lowest BCUT2D eigenvalue weighted by Gasteiger charge is -2.18. The van der Waals surface area contributed by atoms with Gasteiger partial charge in [0.25, 0.3) is 0 Å². The first kappa shape index (κ1) is 14.5. The number of alkyl halides is 3. The summed E-state index contributed by atoms with van der Waals surface area (Å²) in [4.78, 5) is 0. The van der Waals surface area contributed by atoms with Crippen LogP contribution in [0, 0.1) is 11.6 Å². The highest BCUT2D eigenvalue weighted by atomic mass is 19.4. The van der Waals surface area contributed by atoms with Crippen LogP contribution in [-0.2, 0) is 6.18 Å². The first-order chi connectivity index (χ1) is 9.29. The molecule has 2 aromatic rings. The van der Waals surface area contributed by atoms with Crippen molar-refractivity contribution in [2.24, 2.45) is 5.73 Å². The smallest absolute Gasteiger partial charge is 0.320 e. The maximum absolute atomic E-state index is 13.1. The largest absolute Gasteiger partial charge is 0.416 e. The van der Waals surface area contributed by atoms with Gasteiger partial charge in [-0.2, -0.15) is 13.2 Å². The number of benzene rings is 2. The van der Waals surface area contributed by atoms with Crippen molar-refractivity contribution in [2.75, 3.05) is 0 Å². The highest BCUT2D eigenvalue weighted by Gasteiger charge is 2.34. The predicted octanol–water partition coefficient (Wildman–Crippen LogP) is 4.03. The number of nitrogens with two attached hydrogens (primary N) is 1. The molecule has 0 bridgehead atoms. The molecule has 6 heteroatoms. The molecule has 106 valence electrons. The third kappa shape index (κ3) is 2.96. The van der Waals surface area contributed by atoms with Gasteiger partial charge in [-0.25, -0.2) is 8.78 Å². The zero-order valence-electron chi connectivity index (χ0n) is 10.1. The molecular formula is C14H10F5N. The molecule has 2 aromatic carbocycles. The molecule has 0 radical (unpaired) electrons. The quantitative estimate of drug-likeness (QED) is 0.829. The fourth-order valence-electron chi connectivity index (χ4n) is 1.96. The first-order valence-electron chi connectivity index (χ1n) is 5.66. The lowest BCUT2D eigenvalue weighted by molar-refractivity contribution is -0.138. The van der Waals surface area contributed by atoms with Crippen molar-refractivity contribution < 1.29 is 22.0 Å². The van der Waals surface area contributed by atoms with Crippen LogP contribution in [0.5, 0.6) is 0 Å². The molecule has 1 unspecified atom stereocenters. The van der Waals surface area contributed by atoms with Gasteiger partial charge >= 0.3 is 6.18 Å². The van der Waals surface area contributed by atoms with Gasteiger partial charge in [-0.3, -0.25) is 0 Å². The summed E-state index contributed by atoms with van der Waals surface area (Å²) >= 11 is 0. The third-order valence-electron chi connectivity index (χ3n) is 2.85. The summed E-state index contributed by atoms with van der Waals surface area (Å²) in [5, 5.41) is 0. The second kappa shape index (κ2) is 5.20. The van der Waals surface area contributed by atoms with E-state index < -0.39 is 29.4 Å². The van der Waals surface area contributed by atoms with E-state index in [4.69, 9.17) is 5.73 Å². The normalized spacial score (nSPS) is 13.3. The minimum absolute atomic E-state index is 0.0563. The van der Waals surface area contributed by atoms with E-state index >= 15 is 0 Å². The average Bonchev–Trinajstić information content (AvgIpc) is 2.35. The Balaban J connectivity index is 2.51. The van der Waals surface area contributed by atoms with Crippen LogP contribution in [0.15, 0.2) is 42.5 Å². The molecule has 2 N–H and O–H groups in total. The van der Waals surface area contributed by atoms with Crippen molar-refractivity contribution in [1.82, 2.24) is 0 Å². The topological polar surface area (TPSA) is 26.0 Å². The molecular weight excluding hydrogens is 277 g/mol. The van der Waals surface area contributed by atoms with E-state index in [1.165, 1.54) is 18.2 Å². The molecule has 20 heavy (non-hydrogen) atoms. The molecule has 0 saturated carbocycles. The van der Waals surface area contributed by atoms with Crippen LogP contribution in [-0.4, -0.2) is 0 Å². The van der Waals surface area contributed by atoms with Gasteiger partial charge in [0.05, 0.1) is 11.6 Å². The van der Waals surface area contributed by atoms with E-state index in [0.29, 0.717) is 6.07 Å². The average molecular weight is 287 g/mol. The summed E-state index contributed by atoms with van der Waals surface area (Å²) in [7, 11) is 0. The van der Waals surface area contributed by atoms with E-state index in [9.17, 15) is 22.0 Å². The van der Waals surface area contributed by atoms with Crippen LogP contribution in [0.1, 0.15) is 22.7 Å². The van der Waals surface area contributed by atoms with Gasteiger partial charge in [0.1, 0.15) is 11.6 Å². The predicted molar refractivity (Wildman–Crippen MR) is 63.8 cm³/mol. The maximum Gasteiger partial charge on any atom is 0.416 e. The van der Waals surface area contributed by atoms with Gasteiger partial charge in [0, 0.05) is 6.07 Å². The van der Waals surface area contributed by atoms with Crippen molar-refractivity contribution in [3.63, 3.8) is 0 Å². The van der Waals surface area contributed by atoms with E-state index in [0.717, 1.165) is 18.2 Å². The Morgan fingerprint density at radius 3 is 2.00 bits per heavy atom. The molecule has 0 heterocycles. The van der Waals surface area contributed by atoms with Crippen LogP contribution in [0.25, 0.3) is 0 Å². The van der Waals surface area contributed by atoms with E-state index in [2.05, 4.69) is 0 Å². The van der Waals surface area contributed by atoms with E-state index in [1.54, 1.807) is 0 Å². The highest BCUT2D eigenvalue weighted by molar-refractivity contribution is 5.38. The third-order valence-corrected chi connectivity index (χ3v) is 2.85. The molecule has 1 nitrogen and oxygen atoms in total. The Labute approximate surface area is 111 Å². The number of rotatable bonds is 2. The second-order valence-corrected chi connectivity index (χ2v) is 4.27. The zero-order chi connectivity index (χ0) is 14.9. The Morgan fingerprint density at radius 2 is 1.45 bits per heavy atom. The summed E-state index contributed by atoms with van der Waals surface area (Å²) < 4.78 is 64.9. The molecule has 0 amide bonds. The Hall–Kier alpha value is -1.95. The van der Waals surface area contributed by atoms with E-state index in [1.807, 2.05) is 0 Å². The van der Waals surface area contributed by atoms with Crippen molar-refractivity contribution in [3.05, 3.63) is 70.8 Å². The van der Waals surface area contributed by atoms with Crippen molar-refractivity contribution in [3.8, 4) is 0 Å². The fourth-order valence-corrected chi connectivity index (χ4v) is 1.96. The van der Waals surface area contributed by atoms with E-state index in [-0.39, 0.29) is 11.1 Å². The van der Waals surface area contributed by atoms with Crippen molar-refractivity contribution in [1.29, 1.82) is 0 Å². The van der Waals surface area contributed by atoms with Crippen LogP contribution in [0.4, 0.5) is 22.0 Å². The van der Waals surface area contributed by atoms with Crippen molar-refractivity contribution >= 4 is 0 Å². The number of halogens is 5. The Bertz CT molecular complexity index is 601. The van der Waals surface area contributed by atoms with Gasteiger partial charge < -0.3 is 5.73 Å². The molecule has 0 aliphatic heterocycles. The molecule has 1 atom stereocenters. The monoisotopic (exact) mass is 287 g/mol. The number of hydrogen-bond acceptors (Lipinski definition) is 1. The zero-order valence-corrected chi connectivity index (χ0v) is 10.1. The van der Waals surface area contributed by atoms with Gasteiger partial charge in [-0.15, -0.1) is 0 Å². The molecule has 0 fully saturated rings. The highest BCUT2D eigenvalue weighted by Crippen LogP contribution is 2.35. The molecule has 0 spiro atoms. The first-order valence-corrected chi connectivity index (χ1v) is 5.66. The lowest BCUT2D eigenvalue weighted by Crippen LogP contribution is -2.18. The van der Waals surface area contributed by atoms with Gasteiger partial charge in [0.2, 0.25) is 0 Å². The Kier molecular flexibility index (Phi) is 3.76. The van der Waals surface area contributed by atoms with Gasteiger partial charge in [-0.05, 0) is 29.3 Å². The van der Waals surface area contributed by atoms with Crippen LogP contribution in [0.2, 0.25) is 0 Å². The Morgan fingerprint density at radius 1 is 0.900 bits per heavy atom. The van der Waals surface area contributed by atoms with Crippen LogP contribution in [0.3, 0.4) is 0 Å². The summed E-state index contributed by atoms with van der Waals surface area (Å²) in [5.41, 5.74) is 4.51.